The summed E-state index contributed by atoms with van der Waals surface area (Å²) in [6, 6.07) is 12.1. The number of nitrogens with zero attached hydrogens (tertiary/aromatic N) is 2. The summed E-state index contributed by atoms with van der Waals surface area (Å²) in [5.74, 6) is 0.281. The van der Waals surface area contributed by atoms with Gasteiger partial charge in [0, 0.05) is 24.8 Å². The lowest BCUT2D eigenvalue weighted by atomic mass is 10.2. The van der Waals surface area contributed by atoms with E-state index in [1.165, 1.54) is 0 Å². The number of fused-ring (bicyclic) bond motifs is 1. The first-order valence-corrected chi connectivity index (χ1v) is 8.13. The number of hydrogen-bond acceptors (Lipinski definition) is 3. The summed E-state index contributed by atoms with van der Waals surface area (Å²) < 4.78 is 8.71. The number of anilines is 1. The zero-order valence-corrected chi connectivity index (χ0v) is 14.9. The van der Waals surface area contributed by atoms with Crippen LogP contribution in [-0.2, 0) is 18.9 Å². The van der Waals surface area contributed by atoms with Crippen molar-refractivity contribution in [3.63, 3.8) is 0 Å². The molecule has 0 unspecified atom stereocenters. The van der Waals surface area contributed by atoms with Crippen molar-refractivity contribution in [3.8, 4) is 5.75 Å². The van der Waals surface area contributed by atoms with E-state index < -0.39 is 6.10 Å². The van der Waals surface area contributed by atoms with Gasteiger partial charge in [0.05, 0.1) is 11.0 Å². The summed E-state index contributed by atoms with van der Waals surface area (Å²) in [5, 5.41) is 3.41. The Morgan fingerprint density at radius 3 is 2.40 bits per heavy atom. The molecule has 6 nitrogen and oxygen atoms in total. The molecular weight excluding hydrogens is 342 g/mol. The van der Waals surface area contributed by atoms with Crippen LogP contribution in [0.3, 0.4) is 0 Å². The summed E-state index contributed by atoms with van der Waals surface area (Å²) in [6.07, 6.45) is -0.684. The number of carbonyl (C=O) groups excluding carboxylic acids is 1. The van der Waals surface area contributed by atoms with Gasteiger partial charge in [-0.25, -0.2) is 4.79 Å². The third kappa shape index (κ3) is 3.39. The van der Waals surface area contributed by atoms with Crippen LogP contribution in [0.4, 0.5) is 5.69 Å². The topological polar surface area (TPSA) is 65.3 Å². The number of nitrogens with one attached hydrogen (secondary N) is 1. The second-order valence-corrected chi connectivity index (χ2v) is 6.24. The van der Waals surface area contributed by atoms with E-state index in [9.17, 15) is 9.59 Å². The number of aryl methyl sites for hydroxylation is 2. The van der Waals surface area contributed by atoms with Crippen molar-refractivity contribution in [2.24, 2.45) is 14.1 Å². The molecule has 130 valence electrons. The van der Waals surface area contributed by atoms with Crippen LogP contribution in [-0.4, -0.2) is 21.1 Å². The third-order valence-corrected chi connectivity index (χ3v) is 4.29. The lowest BCUT2D eigenvalue weighted by Crippen LogP contribution is -2.30. The standard InChI is InChI=1S/C18H18ClN3O3/c1-11(25-14-7-4-12(19)5-8-14)17(23)20-13-6-9-15-16(10-13)22(3)18(24)21(15)2/h4-11H,1-3H3,(H,20,23)/t11-/m0/s1. The SMILES string of the molecule is C[C@H](Oc1ccc(Cl)cc1)C(=O)Nc1ccc2c(c1)n(C)c(=O)n2C. The first kappa shape index (κ1) is 17.1. The first-order valence-electron chi connectivity index (χ1n) is 7.75. The Hall–Kier alpha value is -2.73. The predicted molar refractivity (Wildman–Crippen MR) is 98.3 cm³/mol. The van der Waals surface area contributed by atoms with Gasteiger partial charge in [0.15, 0.2) is 6.10 Å². The fraction of sp³-hybridized carbons (Fsp3) is 0.222. The van der Waals surface area contributed by atoms with Gasteiger partial charge in [-0.2, -0.15) is 0 Å². The van der Waals surface area contributed by atoms with Gasteiger partial charge in [-0.15, -0.1) is 0 Å². The first-order chi connectivity index (χ1) is 11.9. The molecule has 0 aliphatic rings. The van der Waals surface area contributed by atoms with Gasteiger partial charge in [0.2, 0.25) is 0 Å². The van der Waals surface area contributed by atoms with E-state index in [0.29, 0.717) is 16.5 Å². The number of halogens is 1. The molecule has 0 aliphatic heterocycles. The van der Waals surface area contributed by atoms with Crippen LogP contribution in [0.25, 0.3) is 11.0 Å². The highest BCUT2D eigenvalue weighted by atomic mass is 35.5. The van der Waals surface area contributed by atoms with Crippen molar-refractivity contribution < 1.29 is 9.53 Å². The van der Waals surface area contributed by atoms with Crippen molar-refractivity contribution in [1.29, 1.82) is 0 Å². The van der Waals surface area contributed by atoms with Gasteiger partial charge in [-0.1, -0.05) is 11.6 Å². The average Bonchev–Trinajstić information content (AvgIpc) is 2.81. The summed E-state index contributed by atoms with van der Waals surface area (Å²) >= 11 is 5.83. The molecule has 0 bridgehead atoms. The molecule has 3 rings (SSSR count). The maximum absolute atomic E-state index is 12.3. The van der Waals surface area contributed by atoms with E-state index in [-0.39, 0.29) is 11.6 Å². The molecule has 0 aliphatic carbocycles. The van der Waals surface area contributed by atoms with E-state index >= 15 is 0 Å². The maximum Gasteiger partial charge on any atom is 0.328 e. The number of ether oxygens (including phenoxy) is 1. The number of amides is 1. The molecule has 2 aromatic carbocycles. The van der Waals surface area contributed by atoms with Crippen LogP contribution < -0.4 is 15.7 Å². The molecule has 1 N–H and O–H groups in total. The van der Waals surface area contributed by atoms with Gasteiger partial charge < -0.3 is 10.1 Å². The highest BCUT2D eigenvalue weighted by molar-refractivity contribution is 6.30. The van der Waals surface area contributed by atoms with Crippen LogP contribution in [0, 0.1) is 0 Å². The van der Waals surface area contributed by atoms with Crippen LogP contribution in [0.15, 0.2) is 47.3 Å². The van der Waals surface area contributed by atoms with Crippen molar-refractivity contribution in [2.45, 2.75) is 13.0 Å². The van der Waals surface area contributed by atoms with Crippen molar-refractivity contribution in [1.82, 2.24) is 9.13 Å². The van der Waals surface area contributed by atoms with E-state index in [1.54, 1.807) is 72.6 Å². The van der Waals surface area contributed by atoms with E-state index in [0.717, 1.165) is 11.0 Å². The second-order valence-electron chi connectivity index (χ2n) is 5.81. The third-order valence-electron chi connectivity index (χ3n) is 4.04. The minimum atomic E-state index is -0.684. The Kier molecular flexibility index (Phi) is 4.55. The molecule has 0 radical (unpaired) electrons. The minimum Gasteiger partial charge on any atom is -0.481 e. The number of rotatable bonds is 4. The molecule has 1 amide bonds. The number of hydrogen-bond donors (Lipinski definition) is 1. The average molecular weight is 360 g/mol. The van der Waals surface area contributed by atoms with Crippen LogP contribution in [0.2, 0.25) is 5.02 Å². The van der Waals surface area contributed by atoms with Crippen LogP contribution >= 0.6 is 11.6 Å². The maximum atomic E-state index is 12.3. The fourth-order valence-electron chi connectivity index (χ4n) is 2.60. The second kappa shape index (κ2) is 6.64. The number of imidazole rings is 1. The molecule has 25 heavy (non-hydrogen) atoms. The molecule has 0 saturated heterocycles. The molecule has 1 aromatic heterocycles. The Bertz CT molecular complexity index is 989. The largest absolute Gasteiger partial charge is 0.481 e. The van der Waals surface area contributed by atoms with Crippen molar-refractivity contribution in [2.75, 3.05) is 5.32 Å². The minimum absolute atomic E-state index is 0.113. The van der Waals surface area contributed by atoms with Gasteiger partial charge in [-0.05, 0) is 49.4 Å². The quantitative estimate of drug-likeness (QED) is 0.779. The predicted octanol–water partition coefficient (Wildman–Crippen LogP) is 2.94. The van der Waals surface area contributed by atoms with Gasteiger partial charge in [-0.3, -0.25) is 13.9 Å². The van der Waals surface area contributed by atoms with E-state index in [2.05, 4.69) is 5.32 Å². The molecule has 1 atom stereocenters. The number of benzene rings is 2. The molecule has 0 fully saturated rings. The Morgan fingerprint density at radius 1 is 1.08 bits per heavy atom. The molecular formula is C18H18ClN3O3. The Morgan fingerprint density at radius 2 is 1.72 bits per heavy atom. The Balaban J connectivity index is 1.76. The smallest absolute Gasteiger partial charge is 0.328 e. The zero-order chi connectivity index (χ0) is 18.1. The lowest BCUT2D eigenvalue weighted by Gasteiger charge is -2.15. The molecule has 0 saturated carbocycles. The van der Waals surface area contributed by atoms with Crippen molar-refractivity contribution >= 4 is 34.2 Å². The molecule has 0 spiro atoms. The lowest BCUT2D eigenvalue weighted by molar-refractivity contribution is -0.122. The highest BCUT2D eigenvalue weighted by Gasteiger charge is 2.16. The summed E-state index contributed by atoms with van der Waals surface area (Å²) in [4.78, 5) is 24.3. The normalized spacial score (nSPS) is 12.2. The molecule has 1 heterocycles. The number of carbonyl (C=O) groups is 1. The summed E-state index contributed by atoms with van der Waals surface area (Å²) in [5.41, 5.74) is 2.04. The van der Waals surface area contributed by atoms with Gasteiger partial charge in [0.25, 0.3) is 5.91 Å². The molecule has 7 heteroatoms. The Labute approximate surface area is 149 Å². The van der Waals surface area contributed by atoms with Crippen LogP contribution in [0.5, 0.6) is 5.75 Å². The van der Waals surface area contributed by atoms with Crippen LogP contribution in [0.1, 0.15) is 6.92 Å². The highest BCUT2D eigenvalue weighted by Crippen LogP contribution is 2.19. The summed E-state index contributed by atoms with van der Waals surface area (Å²) in [7, 11) is 3.41. The molecule has 3 aromatic rings. The van der Waals surface area contributed by atoms with Gasteiger partial charge >= 0.3 is 5.69 Å². The van der Waals surface area contributed by atoms with E-state index in [4.69, 9.17) is 16.3 Å². The summed E-state index contributed by atoms with van der Waals surface area (Å²) in [6.45, 7) is 1.67. The van der Waals surface area contributed by atoms with Gasteiger partial charge in [0.1, 0.15) is 5.75 Å². The van der Waals surface area contributed by atoms with E-state index in [1.807, 2.05) is 0 Å². The van der Waals surface area contributed by atoms with Crippen molar-refractivity contribution in [3.05, 3.63) is 58.0 Å². The monoisotopic (exact) mass is 359 g/mol. The fourth-order valence-corrected chi connectivity index (χ4v) is 2.73. The number of aromatic nitrogens is 2. The zero-order valence-electron chi connectivity index (χ0n) is 14.1.